The van der Waals surface area contributed by atoms with Crippen LogP contribution in [-0.4, -0.2) is 55.4 Å². The molecule has 2 aromatic heterocycles. The minimum Gasteiger partial charge on any atom is -0.369 e. The number of rotatable bonds is 4. The number of nitrogen functional groups attached to an aromatic ring is 1. The van der Waals surface area contributed by atoms with Crippen molar-refractivity contribution in [3.8, 4) is 11.3 Å². The highest BCUT2D eigenvalue weighted by Gasteiger charge is 2.29. The van der Waals surface area contributed by atoms with E-state index in [2.05, 4.69) is 20.5 Å². The minimum absolute atomic E-state index is 0.0747. The van der Waals surface area contributed by atoms with Crippen molar-refractivity contribution in [3.05, 3.63) is 42.2 Å². The van der Waals surface area contributed by atoms with Gasteiger partial charge in [-0.15, -0.1) is 10.2 Å². The van der Waals surface area contributed by atoms with E-state index in [0.29, 0.717) is 42.4 Å². The number of anilines is 1. The number of nitrogens with zero attached hydrogens (tertiary/aromatic N) is 5. The molecule has 1 aromatic carbocycles. The van der Waals surface area contributed by atoms with Gasteiger partial charge in [-0.3, -0.25) is 14.0 Å². The Bertz CT molecular complexity index is 1010. The van der Waals surface area contributed by atoms with Gasteiger partial charge < -0.3 is 16.0 Å². The third-order valence-corrected chi connectivity index (χ3v) is 4.70. The molecule has 1 saturated heterocycles. The molecule has 1 fully saturated rings. The van der Waals surface area contributed by atoms with Crippen LogP contribution in [0, 0.1) is 0 Å². The molecule has 0 saturated carbocycles. The van der Waals surface area contributed by atoms with Crippen molar-refractivity contribution < 1.29 is 9.59 Å². The van der Waals surface area contributed by atoms with Gasteiger partial charge >= 0.3 is 0 Å². The highest BCUT2D eigenvalue weighted by Crippen LogP contribution is 2.21. The monoisotopic (exact) mass is 365 g/mol. The van der Waals surface area contributed by atoms with E-state index in [9.17, 15) is 9.59 Å². The van der Waals surface area contributed by atoms with Crippen LogP contribution in [0.3, 0.4) is 0 Å². The van der Waals surface area contributed by atoms with Gasteiger partial charge in [0.05, 0.1) is 11.7 Å². The largest absolute Gasteiger partial charge is 0.369 e. The maximum atomic E-state index is 12.4. The third-order valence-electron chi connectivity index (χ3n) is 4.70. The van der Waals surface area contributed by atoms with E-state index in [-0.39, 0.29) is 17.9 Å². The fourth-order valence-corrected chi connectivity index (χ4v) is 3.23. The number of nitrogens with one attached hydrogen (secondary N) is 1. The Morgan fingerprint density at radius 3 is 2.81 bits per heavy atom. The summed E-state index contributed by atoms with van der Waals surface area (Å²) in [7, 11) is 0. The van der Waals surface area contributed by atoms with Crippen molar-refractivity contribution in [2.24, 2.45) is 0 Å². The van der Waals surface area contributed by atoms with E-state index in [1.165, 1.54) is 6.33 Å². The molecule has 138 valence electrons. The molecule has 4 rings (SSSR count). The van der Waals surface area contributed by atoms with Crippen LogP contribution in [0.4, 0.5) is 5.95 Å². The first-order valence-corrected chi connectivity index (χ1v) is 8.70. The number of fused-ring (bicyclic) bond motifs is 1. The van der Waals surface area contributed by atoms with Crippen molar-refractivity contribution in [2.45, 2.75) is 19.4 Å². The molecule has 3 heterocycles. The summed E-state index contributed by atoms with van der Waals surface area (Å²) in [5.74, 6) is 0.170. The van der Waals surface area contributed by atoms with E-state index in [1.807, 2.05) is 19.1 Å². The standard InChI is InChI=1S/C18H19N7O2/c1-2-24-9-13(7-16(24)26)21-17(27)12-5-3-11(4-6-12)14-8-15-23-20-10-25(15)18(19)22-14/h3-6,8,10,13H,2,7,9H2,1H3,(H2,19,22)(H,21,27). The van der Waals surface area contributed by atoms with Gasteiger partial charge in [0.1, 0.15) is 6.33 Å². The van der Waals surface area contributed by atoms with Crippen LogP contribution < -0.4 is 11.1 Å². The predicted molar refractivity (Wildman–Crippen MR) is 98.8 cm³/mol. The fraction of sp³-hybridized carbons (Fsp3) is 0.278. The first kappa shape index (κ1) is 17.0. The Labute approximate surface area is 155 Å². The third kappa shape index (κ3) is 3.19. The lowest BCUT2D eigenvalue weighted by molar-refractivity contribution is -0.127. The topological polar surface area (TPSA) is 119 Å². The molecule has 2 amide bonds. The summed E-state index contributed by atoms with van der Waals surface area (Å²) in [5.41, 5.74) is 8.52. The van der Waals surface area contributed by atoms with E-state index >= 15 is 0 Å². The van der Waals surface area contributed by atoms with Gasteiger partial charge in [-0.2, -0.15) is 0 Å². The summed E-state index contributed by atoms with van der Waals surface area (Å²) in [6, 6.07) is 8.70. The lowest BCUT2D eigenvalue weighted by atomic mass is 10.1. The Morgan fingerprint density at radius 2 is 2.11 bits per heavy atom. The average Bonchev–Trinajstić information content (AvgIpc) is 3.28. The number of carbonyl (C=O) groups excluding carboxylic acids is 2. The van der Waals surface area contributed by atoms with Crippen LogP contribution in [0.2, 0.25) is 0 Å². The SMILES string of the molecule is CCN1CC(NC(=O)c2ccc(-c3cc4nncn4c(N)n3)cc2)CC1=O. The van der Waals surface area contributed by atoms with Gasteiger partial charge in [-0.25, -0.2) is 4.98 Å². The number of carbonyl (C=O) groups is 2. The van der Waals surface area contributed by atoms with Crippen LogP contribution >= 0.6 is 0 Å². The van der Waals surface area contributed by atoms with E-state index in [1.54, 1.807) is 27.5 Å². The van der Waals surface area contributed by atoms with Crippen molar-refractivity contribution >= 4 is 23.4 Å². The second kappa shape index (κ2) is 6.67. The van der Waals surface area contributed by atoms with Gasteiger partial charge in [0.25, 0.3) is 5.91 Å². The maximum Gasteiger partial charge on any atom is 0.251 e. The first-order valence-electron chi connectivity index (χ1n) is 8.70. The molecule has 9 heteroatoms. The zero-order chi connectivity index (χ0) is 19.0. The van der Waals surface area contributed by atoms with Gasteiger partial charge in [0.15, 0.2) is 5.65 Å². The van der Waals surface area contributed by atoms with Crippen LogP contribution in [-0.2, 0) is 4.79 Å². The number of likely N-dealkylation sites (tertiary alicyclic amines) is 1. The smallest absolute Gasteiger partial charge is 0.251 e. The number of nitrogens with two attached hydrogens (primary N) is 1. The van der Waals surface area contributed by atoms with Crippen molar-refractivity contribution in [1.82, 2.24) is 29.8 Å². The Hall–Kier alpha value is -3.49. The lowest BCUT2D eigenvalue weighted by Gasteiger charge is -2.14. The highest BCUT2D eigenvalue weighted by molar-refractivity contribution is 5.95. The highest BCUT2D eigenvalue weighted by atomic mass is 16.2. The summed E-state index contributed by atoms with van der Waals surface area (Å²) in [5, 5.41) is 10.7. The molecule has 0 spiro atoms. The molecule has 0 aliphatic carbocycles. The average molecular weight is 365 g/mol. The van der Waals surface area contributed by atoms with Crippen LogP contribution in [0.15, 0.2) is 36.7 Å². The van der Waals surface area contributed by atoms with E-state index in [0.717, 1.165) is 5.56 Å². The molecular formula is C18H19N7O2. The normalized spacial score (nSPS) is 16.9. The van der Waals surface area contributed by atoms with Crippen molar-refractivity contribution in [2.75, 3.05) is 18.8 Å². The van der Waals surface area contributed by atoms with Crippen LogP contribution in [0.1, 0.15) is 23.7 Å². The first-order chi connectivity index (χ1) is 13.0. The lowest BCUT2D eigenvalue weighted by Crippen LogP contribution is -2.37. The number of hydrogen-bond donors (Lipinski definition) is 2. The molecular weight excluding hydrogens is 346 g/mol. The van der Waals surface area contributed by atoms with Gasteiger partial charge in [-0.05, 0) is 19.1 Å². The molecule has 1 aliphatic rings. The Balaban J connectivity index is 1.50. The number of benzene rings is 1. The molecule has 3 N–H and O–H groups in total. The predicted octanol–water partition coefficient (Wildman–Crippen LogP) is 0.724. The summed E-state index contributed by atoms with van der Waals surface area (Å²) < 4.78 is 1.59. The molecule has 1 unspecified atom stereocenters. The second-order valence-corrected chi connectivity index (χ2v) is 6.44. The molecule has 0 radical (unpaired) electrons. The van der Waals surface area contributed by atoms with Crippen LogP contribution in [0.5, 0.6) is 0 Å². The van der Waals surface area contributed by atoms with Gasteiger partial charge in [0.2, 0.25) is 11.9 Å². The summed E-state index contributed by atoms with van der Waals surface area (Å²) in [6.45, 7) is 3.14. The fourth-order valence-electron chi connectivity index (χ4n) is 3.23. The maximum absolute atomic E-state index is 12.4. The number of amides is 2. The second-order valence-electron chi connectivity index (χ2n) is 6.44. The molecule has 0 bridgehead atoms. The Morgan fingerprint density at radius 1 is 1.33 bits per heavy atom. The zero-order valence-corrected chi connectivity index (χ0v) is 14.8. The number of hydrogen-bond acceptors (Lipinski definition) is 6. The van der Waals surface area contributed by atoms with Crippen molar-refractivity contribution in [3.63, 3.8) is 0 Å². The molecule has 9 nitrogen and oxygen atoms in total. The number of aromatic nitrogens is 4. The van der Waals surface area contributed by atoms with Gasteiger partial charge in [-0.1, -0.05) is 12.1 Å². The van der Waals surface area contributed by atoms with Gasteiger partial charge in [0, 0.05) is 36.7 Å². The summed E-state index contributed by atoms with van der Waals surface area (Å²) in [6.07, 6.45) is 1.85. The van der Waals surface area contributed by atoms with Crippen LogP contribution in [0.25, 0.3) is 16.9 Å². The summed E-state index contributed by atoms with van der Waals surface area (Å²) in [4.78, 5) is 30.3. The van der Waals surface area contributed by atoms with E-state index in [4.69, 9.17) is 5.73 Å². The minimum atomic E-state index is -0.197. The molecule has 1 atom stereocenters. The van der Waals surface area contributed by atoms with Crippen molar-refractivity contribution in [1.29, 1.82) is 0 Å². The molecule has 3 aromatic rings. The molecule has 27 heavy (non-hydrogen) atoms. The zero-order valence-electron chi connectivity index (χ0n) is 14.8. The molecule has 1 aliphatic heterocycles. The van der Waals surface area contributed by atoms with E-state index < -0.39 is 0 Å². The number of likely N-dealkylation sites (N-methyl/N-ethyl adjacent to an activating group) is 1. The Kier molecular flexibility index (Phi) is 4.19. The summed E-state index contributed by atoms with van der Waals surface area (Å²) >= 11 is 0. The quantitative estimate of drug-likeness (QED) is 0.703.